The van der Waals surface area contributed by atoms with Crippen molar-refractivity contribution in [2.45, 2.75) is 0 Å². The monoisotopic (exact) mass is 373 g/mol. The van der Waals surface area contributed by atoms with E-state index in [9.17, 15) is 14.7 Å². The standard InChI is InChI=1S/C18H15ClN2O5/c1-25-7-6-21-17(22)12(10-20)8-13-3-5-16(26-13)11-2-4-14(18(23)24)15(19)9-11/h2-5,8-9H,6-7H2,1H3,(H,21,22)(H,23,24)/p-1/b12-8+. The van der Waals surface area contributed by atoms with Crippen molar-refractivity contribution in [3.8, 4) is 17.4 Å². The van der Waals surface area contributed by atoms with Crippen molar-refractivity contribution in [3.05, 3.63) is 52.3 Å². The highest BCUT2D eigenvalue weighted by Gasteiger charge is 2.11. The maximum absolute atomic E-state index is 11.9. The Bertz CT molecular complexity index is 895. The number of nitrogens with one attached hydrogen (secondary N) is 1. The zero-order valence-corrected chi connectivity index (χ0v) is 14.5. The van der Waals surface area contributed by atoms with E-state index in [-0.39, 0.29) is 22.7 Å². The molecule has 0 fully saturated rings. The number of benzene rings is 1. The topological polar surface area (TPSA) is 115 Å². The summed E-state index contributed by atoms with van der Waals surface area (Å²) in [6.07, 6.45) is 1.31. The van der Waals surface area contributed by atoms with Crippen LogP contribution < -0.4 is 10.4 Å². The first kappa shape index (κ1) is 19.2. The molecule has 7 nitrogen and oxygen atoms in total. The minimum atomic E-state index is -1.37. The highest BCUT2D eigenvalue weighted by molar-refractivity contribution is 6.33. The number of nitrogens with zero attached hydrogens (tertiary/aromatic N) is 1. The molecule has 0 unspecified atom stereocenters. The molecular weight excluding hydrogens is 360 g/mol. The molecule has 0 spiro atoms. The van der Waals surface area contributed by atoms with Crippen LogP contribution >= 0.6 is 11.6 Å². The summed E-state index contributed by atoms with van der Waals surface area (Å²) in [5.74, 6) is -1.22. The lowest BCUT2D eigenvalue weighted by atomic mass is 10.1. The summed E-state index contributed by atoms with van der Waals surface area (Å²) < 4.78 is 10.4. The number of aromatic carboxylic acids is 1. The van der Waals surface area contributed by atoms with Gasteiger partial charge in [0.25, 0.3) is 5.91 Å². The average molecular weight is 374 g/mol. The largest absolute Gasteiger partial charge is 0.545 e. The van der Waals surface area contributed by atoms with Crippen LogP contribution in [0, 0.1) is 11.3 Å². The van der Waals surface area contributed by atoms with Crippen LogP contribution in [-0.4, -0.2) is 32.1 Å². The Kier molecular flexibility index (Phi) is 6.55. The molecule has 8 heteroatoms. The van der Waals surface area contributed by atoms with Crippen molar-refractivity contribution >= 4 is 29.6 Å². The predicted octanol–water partition coefficient (Wildman–Crippen LogP) is 1.63. The summed E-state index contributed by atoms with van der Waals surface area (Å²) in [5.41, 5.74) is 0.302. The number of halogens is 1. The molecule has 1 amide bonds. The molecule has 1 N–H and O–H groups in total. The van der Waals surface area contributed by atoms with Gasteiger partial charge in [-0.3, -0.25) is 4.79 Å². The molecule has 0 saturated heterocycles. The minimum absolute atomic E-state index is 0.0197. The van der Waals surface area contributed by atoms with Gasteiger partial charge in [0.2, 0.25) is 0 Å². The number of hydrogen-bond acceptors (Lipinski definition) is 6. The van der Waals surface area contributed by atoms with E-state index in [2.05, 4.69) is 5.32 Å². The van der Waals surface area contributed by atoms with Gasteiger partial charge in [0.1, 0.15) is 23.2 Å². The lowest BCUT2D eigenvalue weighted by Crippen LogP contribution is -2.27. The van der Waals surface area contributed by atoms with Gasteiger partial charge in [-0.25, -0.2) is 0 Å². The first-order valence-electron chi connectivity index (χ1n) is 7.46. The summed E-state index contributed by atoms with van der Waals surface area (Å²) in [6.45, 7) is 0.610. The predicted molar refractivity (Wildman–Crippen MR) is 92.0 cm³/mol. The van der Waals surface area contributed by atoms with E-state index < -0.39 is 11.9 Å². The summed E-state index contributed by atoms with van der Waals surface area (Å²) in [5, 5.41) is 22.6. The second kappa shape index (κ2) is 8.85. The number of carboxylic acids is 1. The Morgan fingerprint density at radius 2 is 2.15 bits per heavy atom. The zero-order chi connectivity index (χ0) is 19.1. The van der Waals surface area contributed by atoms with Gasteiger partial charge in [0.05, 0.1) is 17.6 Å². The number of carbonyl (C=O) groups is 2. The second-order valence-electron chi connectivity index (χ2n) is 5.10. The van der Waals surface area contributed by atoms with E-state index in [0.29, 0.717) is 23.7 Å². The van der Waals surface area contributed by atoms with Crippen LogP contribution in [-0.2, 0) is 9.53 Å². The summed E-state index contributed by atoms with van der Waals surface area (Å²) in [7, 11) is 1.50. The molecule has 1 heterocycles. The molecule has 134 valence electrons. The van der Waals surface area contributed by atoms with Crippen LogP contribution in [0.1, 0.15) is 16.1 Å². The van der Waals surface area contributed by atoms with Gasteiger partial charge in [0.15, 0.2) is 0 Å². The number of furan rings is 1. The maximum Gasteiger partial charge on any atom is 0.262 e. The summed E-state index contributed by atoms with van der Waals surface area (Å²) in [6, 6.07) is 9.27. The Morgan fingerprint density at radius 3 is 2.77 bits per heavy atom. The van der Waals surface area contributed by atoms with Crippen molar-refractivity contribution in [2.75, 3.05) is 20.3 Å². The number of methoxy groups -OCH3 is 1. The average Bonchev–Trinajstić information content (AvgIpc) is 3.08. The molecule has 0 aliphatic carbocycles. The fourth-order valence-electron chi connectivity index (χ4n) is 2.07. The third-order valence-corrected chi connectivity index (χ3v) is 3.66. The number of rotatable bonds is 7. The third-order valence-electron chi connectivity index (χ3n) is 3.34. The number of nitriles is 1. The van der Waals surface area contributed by atoms with Crippen LogP contribution in [0.5, 0.6) is 0 Å². The van der Waals surface area contributed by atoms with E-state index in [0.717, 1.165) is 0 Å². The fraction of sp³-hybridized carbons (Fsp3) is 0.167. The number of ether oxygens (including phenoxy) is 1. The number of amides is 1. The zero-order valence-electron chi connectivity index (χ0n) is 13.7. The Morgan fingerprint density at radius 1 is 1.38 bits per heavy atom. The molecule has 0 aliphatic heterocycles. The van der Waals surface area contributed by atoms with E-state index in [1.165, 1.54) is 31.4 Å². The molecule has 1 aromatic heterocycles. The molecule has 0 atom stereocenters. The Balaban J connectivity index is 2.21. The van der Waals surface area contributed by atoms with Crippen molar-refractivity contribution in [1.29, 1.82) is 5.26 Å². The first-order valence-corrected chi connectivity index (χ1v) is 7.84. The van der Waals surface area contributed by atoms with Gasteiger partial charge < -0.3 is 24.4 Å². The van der Waals surface area contributed by atoms with Crippen LogP contribution in [0.3, 0.4) is 0 Å². The Hall–Kier alpha value is -3.08. The molecule has 0 saturated carbocycles. The van der Waals surface area contributed by atoms with E-state index >= 15 is 0 Å². The molecule has 2 aromatic rings. The van der Waals surface area contributed by atoms with Gasteiger partial charge in [-0.1, -0.05) is 23.7 Å². The van der Waals surface area contributed by atoms with Crippen LogP contribution in [0.25, 0.3) is 17.4 Å². The van der Waals surface area contributed by atoms with Crippen molar-refractivity contribution in [2.24, 2.45) is 0 Å². The van der Waals surface area contributed by atoms with Gasteiger partial charge in [-0.05, 0) is 18.2 Å². The minimum Gasteiger partial charge on any atom is -0.545 e. The quantitative estimate of drug-likeness (QED) is 0.448. The van der Waals surface area contributed by atoms with Crippen molar-refractivity contribution in [3.63, 3.8) is 0 Å². The van der Waals surface area contributed by atoms with E-state index in [1.54, 1.807) is 12.1 Å². The normalized spacial score (nSPS) is 11.0. The van der Waals surface area contributed by atoms with Crippen LogP contribution in [0.2, 0.25) is 5.02 Å². The molecule has 2 rings (SSSR count). The molecule has 0 aliphatic rings. The molecule has 0 radical (unpaired) electrons. The van der Waals surface area contributed by atoms with Crippen LogP contribution in [0.15, 0.2) is 40.3 Å². The van der Waals surface area contributed by atoms with Gasteiger partial charge >= 0.3 is 0 Å². The number of carboxylic acid groups (broad SMARTS) is 1. The van der Waals surface area contributed by atoms with E-state index in [4.69, 9.17) is 26.0 Å². The maximum atomic E-state index is 11.9. The highest BCUT2D eigenvalue weighted by Crippen LogP contribution is 2.27. The first-order chi connectivity index (χ1) is 12.5. The number of hydrogen-bond donors (Lipinski definition) is 1. The van der Waals surface area contributed by atoms with Crippen LogP contribution in [0.4, 0.5) is 0 Å². The molecular formula is C18H14ClN2O5-. The van der Waals surface area contributed by atoms with Gasteiger partial charge in [-0.15, -0.1) is 0 Å². The smallest absolute Gasteiger partial charge is 0.262 e. The second-order valence-corrected chi connectivity index (χ2v) is 5.51. The number of carbonyl (C=O) groups excluding carboxylic acids is 2. The van der Waals surface area contributed by atoms with Crippen molar-refractivity contribution < 1.29 is 23.8 Å². The van der Waals surface area contributed by atoms with Crippen molar-refractivity contribution in [1.82, 2.24) is 5.32 Å². The third kappa shape index (κ3) is 4.72. The lowest BCUT2D eigenvalue weighted by molar-refractivity contribution is -0.255. The summed E-state index contributed by atoms with van der Waals surface area (Å²) in [4.78, 5) is 22.8. The molecule has 0 bridgehead atoms. The SMILES string of the molecule is COCCNC(=O)/C(C#N)=C/c1ccc(-c2ccc(C(=O)[O-])c(Cl)c2)o1. The molecule has 1 aromatic carbocycles. The highest BCUT2D eigenvalue weighted by atomic mass is 35.5. The summed E-state index contributed by atoms with van der Waals surface area (Å²) >= 11 is 5.91. The fourth-order valence-corrected chi connectivity index (χ4v) is 2.33. The van der Waals surface area contributed by atoms with E-state index in [1.807, 2.05) is 6.07 Å². The van der Waals surface area contributed by atoms with Gasteiger partial charge in [0, 0.05) is 30.9 Å². The lowest BCUT2D eigenvalue weighted by Gasteiger charge is -2.06. The Labute approximate surface area is 154 Å². The van der Waals surface area contributed by atoms with Gasteiger partial charge in [-0.2, -0.15) is 5.26 Å². The molecule has 26 heavy (non-hydrogen) atoms.